The van der Waals surface area contributed by atoms with Gasteiger partial charge in [-0.25, -0.2) is 22.4 Å². The van der Waals surface area contributed by atoms with E-state index in [1.54, 1.807) is 11.7 Å². The maximum Gasteiger partial charge on any atom is 0.322 e. The lowest BCUT2D eigenvalue weighted by Crippen LogP contribution is -2.40. The first kappa shape index (κ1) is 24.5. The van der Waals surface area contributed by atoms with Crippen molar-refractivity contribution in [3.05, 3.63) is 45.2 Å². The molecular formula is C21H23BrF4N6O2. The lowest BCUT2D eigenvalue weighted by atomic mass is 10.0. The predicted molar refractivity (Wildman–Crippen MR) is 119 cm³/mol. The van der Waals surface area contributed by atoms with Crippen molar-refractivity contribution in [1.29, 1.82) is 0 Å². The zero-order valence-corrected chi connectivity index (χ0v) is 19.8. The topological polar surface area (TPSA) is 82.5 Å². The van der Waals surface area contributed by atoms with Gasteiger partial charge in [0.15, 0.2) is 0 Å². The van der Waals surface area contributed by atoms with Crippen LogP contribution in [0.2, 0.25) is 0 Å². The van der Waals surface area contributed by atoms with Gasteiger partial charge in [-0.15, -0.1) is 0 Å². The van der Waals surface area contributed by atoms with Gasteiger partial charge in [-0.3, -0.25) is 9.48 Å². The van der Waals surface area contributed by atoms with Gasteiger partial charge in [0.2, 0.25) is 0 Å². The van der Waals surface area contributed by atoms with Crippen molar-refractivity contribution in [2.24, 2.45) is 5.92 Å². The maximum atomic E-state index is 14.1. The highest BCUT2D eigenvalue weighted by Crippen LogP contribution is 2.28. The van der Waals surface area contributed by atoms with Crippen molar-refractivity contribution in [2.45, 2.75) is 25.9 Å². The zero-order chi connectivity index (χ0) is 24.6. The van der Waals surface area contributed by atoms with Crippen molar-refractivity contribution in [3.63, 3.8) is 0 Å². The number of anilines is 1. The predicted octanol–water partition coefficient (Wildman–Crippen LogP) is 3.07. The van der Waals surface area contributed by atoms with Gasteiger partial charge in [0, 0.05) is 57.2 Å². The van der Waals surface area contributed by atoms with Crippen LogP contribution in [-0.2, 0) is 19.5 Å². The third-order valence-electron chi connectivity index (χ3n) is 5.88. The second-order valence-electron chi connectivity index (χ2n) is 8.40. The van der Waals surface area contributed by atoms with Crippen molar-refractivity contribution >= 4 is 33.6 Å². The molecule has 1 atom stereocenters. The summed E-state index contributed by atoms with van der Waals surface area (Å²) in [5, 5.41) is 9.74. The molecule has 1 aromatic heterocycles. The highest BCUT2D eigenvalue weighted by Gasteiger charge is 2.34. The standard InChI is InChI=1S/C21H23BrF4N6O2/c1-30-8-11(6-27-7-18(25)26)9-32-19(20(30)33)12-10-31(3-2-16(12)29-32)21(34)28-17-4-13(22)14(23)5-15(17)24/h4-5,11,18,27H,2-3,6-10H2,1H3,(H,28,34)/t11-/m1/s1. The van der Waals surface area contributed by atoms with Gasteiger partial charge in [0.25, 0.3) is 12.3 Å². The number of nitrogens with zero attached hydrogens (tertiary/aromatic N) is 4. The summed E-state index contributed by atoms with van der Waals surface area (Å²) in [5.41, 5.74) is 1.49. The molecule has 1 aromatic carbocycles. The van der Waals surface area contributed by atoms with E-state index in [0.717, 1.165) is 6.07 Å². The van der Waals surface area contributed by atoms with Crippen molar-refractivity contribution in [3.8, 4) is 0 Å². The van der Waals surface area contributed by atoms with E-state index in [-0.39, 0.29) is 28.5 Å². The van der Waals surface area contributed by atoms with Gasteiger partial charge in [-0.05, 0) is 22.0 Å². The number of carbonyl (C=O) groups excluding carboxylic acids is 2. The Labute approximate surface area is 201 Å². The molecule has 0 unspecified atom stereocenters. The van der Waals surface area contributed by atoms with Crippen LogP contribution in [0.15, 0.2) is 16.6 Å². The molecule has 0 radical (unpaired) electrons. The average Bonchev–Trinajstić information content (AvgIpc) is 3.07. The number of alkyl halides is 2. The molecular weight excluding hydrogens is 524 g/mol. The van der Waals surface area contributed by atoms with E-state index >= 15 is 0 Å². The summed E-state index contributed by atoms with van der Waals surface area (Å²) in [4.78, 5) is 28.9. The minimum Gasteiger partial charge on any atom is -0.340 e. The Hall–Kier alpha value is -2.67. The van der Waals surface area contributed by atoms with E-state index in [1.807, 2.05) is 0 Å². The summed E-state index contributed by atoms with van der Waals surface area (Å²) in [5.74, 6) is -2.07. The Bertz CT molecular complexity index is 1110. The van der Waals surface area contributed by atoms with Crippen LogP contribution < -0.4 is 10.6 Å². The first-order valence-electron chi connectivity index (χ1n) is 10.7. The molecule has 4 rings (SSSR count). The van der Waals surface area contributed by atoms with Gasteiger partial charge in [-0.2, -0.15) is 5.10 Å². The lowest BCUT2D eigenvalue weighted by Gasteiger charge is -2.27. The van der Waals surface area contributed by atoms with Crippen LogP contribution >= 0.6 is 15.9 Å². The van der Waals surface area contributed by atoms with E-state index in [1.165, 1.54) is 9.80 Å². The molecule has 0 aliphatic carbocycles. The minimum atomic E-state index is -2.46. The molecule has 34 heavy (non-hydrogen) atoms. The fourth-order valence-corrected chi connectivity index (χ4v) is 4.61. The summed E-state index contributed by atoms with van der Waals surface area (Å²) < 4.78 is 54.1. The molecule has 2 aliphatic heterocycles. The number of urea groups is 1. The van der Waals surface area contributed by atoms with Crippen LogP contribution in [0.1, 0.15) is 21.7 Å². The first-order chi connectivity index (χ1) is 16.1. The second-order valence-corrected chi connectivity index (χ2v) is 9.26. The molecule has 3 heterocycles. The fourth-order valence-electron chi connectivity index (χ4n) is 4.26. The number of rotatable bonds is 5. The normalized spacial score (nSPS) is 18.1. The molecule has 0 spiro atoms. The highest BCUT2D eigenvalue weighted by atomic mass is 79.9. The molecule has 0 saturated carbocycles. The highest BCUT2D eigenvalue weighted by molar-refractivity contribution is 9.10. The van der Waals surface area contributed by atoms with E-state index in [9.17, 15) is 27.2 Å². The van der Waals surface area contributed by atoms with E-state index in [2.05, 4.69) is 31.7 Å². The minimum absolute atomic E-state index is 0.0123. The van der Waals surface area contributed by atoms with Crippen LogP contribution in [0.3, 0.4) is 0 Å². The number of hydrogen-bond donors (Lipinski definition) is 2. The summed E-state index contributed by atoms with van der Waals surface area (Å²) in [7, 11) is 1.64. The lowest BCUT2D eigenvalue weighted by molar-refractivity contribution is 0.0776. The quantitative estimate of drug-likeness (QED) is 0.446. The summed E-state index contributed by atoms with van der Waals surface area (Å²) in [6, 6.07) is 1.23. The van der Waals surface area contributed by atoms with Crippen LogP contribution in [0.5, 0.6) is 0 Å². The Morgan fingerprint density at radius 3 is 2.76 bits per heavy atom. The molecule has 0 fully saturated rings. The van der Waals surface area contributed by atoms with Gasteiger partial charge >= 0.3 is 6.03 Å². The van der Waals surface area contributed by atoms with Crippen LogP contribution in [0.25, 0.3) is 0 Å². The number of hydrogen-bond acceptors (Lipinski definition) is 4. The fraction of sp³-hybridized carbons (Fsp3) is 0.476. The van der Waals surface area contributed by atoms with Crippen LogP contribution in [0.4, 0.5) is 28.0 Å². The molecule has 2 N–H and O–H groups in total. The van der Waals surface area contributed by atoms with Crippen molar-refractivity contribution in [2.75, 3.05) is 38.5 Å². The number of fused-ring (bicyclic) bond motifs is 3. The molecule has 3 amide bonds. The number of carbonyl (C=O) groups is 2. The maximum absolute atomic E-state index is 14.1. The third kappa shape index (κ3) is 5.04. The van der Waals surface area contributed by atoms with Crippen LogP contribution in [-0.4, -0.2) is 71.2 Å². The van der Waals surface area contributed by atoms with E-state index in [4.69, 9.17) is 0 Å². The third-order valence-corrected chi connectivity index (χ3v) is 6.49. The number of amides is 3. The van der Waals surface area contributed by atoms with E-state index < -0.39 is 30.6 Å². The second kappa shape index (κ2) is 9.90. The monoisotopic (exact) mass is 546 g/mol. The molecule has 8 nitrogen and oxygen atoms in total. The Morgan fingerprint density at radius 2 is 2.03 bits per heavy atom. The molecule has 2 aromatic rings. The van der Waals surface area contributed by atoms with Gasteiger partial charge in [0.1, 0.15) is 17.3 Å². The Morgan fingerprint density at radius 1 is 1.26 bits per heavy atom. The van der Waals surface area contributed by atoms with Crippen LogP contribution in [0, 0.1) is 17.6 Å². The average molecular weight is 547 g/mol. The molecule has 184 valence electrons. The summed E-state index contributed by atoms with van der Waals surface area (Å²) in [6.07, 6.45) is -2.07. The molecule has 2 aliphatic rings. The smallest absolute Gasteiger partial charge is 0.322 e. The Balaban J connectivity index is 1.52. The number of benzene rings is 1. The SMILES string of the molecule is CN1C[C@@H](CNCC(F)F)Cn2nc3c(c2C1=O)CN(C(=O)Nc1cc(Br)c(F)cc1F)CC3. The van der Waals surface area contributed by atoms with Crippen molar-refractivity contribution < 1.29 is 27.2 Å². The number of aromatic nitrogens is 2. The molecule has 0 saturated heterocycles. The van der Waals surface area contributed by atoms with Gasteiger partial charge in [0.05, 0.1) is 28.9 Å². The number of halogens is 5. The summed E-state index contributed by atoms with van der Waals surface area (Å²) >= 11 is 2.97. The zero-order valence-electron chi connectivity index (χ0n) is 18.3. The van der Waals surface area contributed by atoms with E-state index in [0.29, 0.717) is 55.6 Å². The number of nitrogens with one attached hydrogen (secondary N) is 2. The molecule has 0 bridgehead atoms. The van der Waals surface area contributed by atoms with Gasteiger partial charge < -0.3 is 20.4 Å². The summed E-state index contributed by atoms with van der Waals surface area (Å²) in [6.45, 7) is 1.01. The van der Waals surface area contributed by atoms with Crippen molar-refractivity contribution in [1.82, 2.24) is 24.9 Å². The Kier molecular flexibility index (Phi) is 7.12. The first-order valence-corrected chi connectivity index (χ1v) is 11.5. The molecule has 13 heteroatoms. The van der Waals surface area contributed by atoms with Gasteiger partial charge in [-0.1, -0.05) is 0 Å². The largest absolute Gasteiger partial charge is 0.340 e.